The summed E-state index contributed by atoms with van der Waals surface area (Å²) in [4.78, 5) is 16.3. The molecule has 2 aromatic carbocycles. The topological polar surface area (TPSA) is 92.9 Å². The van der Waals surface area contributed by atoms with Crippen LogP contribution in [0.1, 0.15) is 17.9 Å². The maximum atomic E-state index is 12.1. The highest BCUT2D eigenvalue weighted by Gasteiger charge is 2.16. The van der Waals surface area contributed by atoms with Crippen molar-refractivity contribution in [3.63, 3.8) is 0 Å². The van der Waals surface area contributed by atoms with Crippen molar-refractivity contribution in [3.05, 3.63) is 53.9 Å². The normalized spacial score (nSPS) is 10.4. The fourth-order valence-electron chi connectivity index (χ4n) is 2.77. The number of methoxy groups -OCH3 is 3. The predicted molar refractivity (Wildman–Crippen MR) is 104 cm³/mol. The van der Waals surface area contributed by atoms with Crippen LogP contribution in [0.15, 0.2) is 47.0 Å². The summed E-state index contributed by atoms with van der Waals surface area (Å²) in [6, 6.07) is 12.8. The van der Waals surface area contributed by atoms with Crippen LogP contribution in [0, 0.1) is 0 Å². The zero-order chi connectivity index (χ0) is 20.6. The number of carbonyl (C=O) groups is 1. The Bertz CT molecular complexity index is 969. The number of aromatic nitrogens is 2. The third-order valence-corrected chi connectivity index (χ3v) is 4.27. The molecule has 3 aromatic rings. The first-order valence-electron chi connectivity index (χ1n) is 8.97. The van der Waals surface area contributed by atoms with Gasteiger partial charge in [-0.3, -0.25) is 4.79 Å². The molecule has 3 rings (SSSR count). The van der Waals surface area contributed by atoms with Crippen LogP contribution in [0.2, 0.25) is 0 Å². The number of nitrogens with zero attached hydrogens (tertiary/aromatic N) is 2. The molecule has 0 fully saturated rings. The molecule has 0 atom stereocenters. The first kappa shape index (κ1) is 20.2. The maximum absolute atomic E-state index is 12.1. The SMILES string of the molecule is COc1ccc(-c2noc(COC(=O)CCc3ccccc3OC)n2)c(OC)c1. The van der Waals surface area contributed by atoms with Crippen molar-refractivity contribution in [2.24, 2.45) is 0 Å². The molecule has 152 valence electrons. The van der Waals surface area contributed by atoms with Gasteiger partial charge in [0, 0.05) is 12.5 Å². The van der Waals surface area contributed by atoms with E-state index in [4.69, 9.17) is 23.5 Å². The Kier molecular flexibility index (Phi) is 6.67. The molecule has 0 aliphatic carbocycles. The lowest BCUT2D eigenvalue weighted by Gasteiger charge is -2.07. The van der Waals surface area contributed by atoms with Gasteiger partial charge >= 0.3 is 5.97 Å². The Balaban J connectivity index is 1.57. The average Bonchev–Trinajstić information content (AvgIpc) is 3.24. The highest BCUT2D eigenvalue weighted by atomic mass is 16.6. The van der Waals surface area contributed by atoms with E-state index < -0.39 is 0 Å². The lowest BCUT2D eigenvalue weighted by Crippen LogP contribution is -2.06. The Morgan fingerprint density at radius 1 is 1.00 bits per heavy atom. The summed E-state index contributed by atoms with van der Waals surface area (Å²) in [6.07, 6.45) is 0.731. The van der Waals surface area contributed by atoms with Gasteiger partial charge in [0.25, 0.3) is 5.89 Å². The van der Waals surface area contributed by atoms with E-state index in [-0.39, 0.29) is 24.9 Å². The van der Waals surface area contributed by atoms with Crippen LogP contribution in [0.3, 0.4) is 0 Å². The maximum Gasteiger partial charge on any atom is 0.306 e. The van der Waals surface area contributed by atoms with Crippen LogP contribution < -0.4 is 14.2 Å². The van der Waals surface area contributed by atoms with Gasteiger partial charge in [0.1, 0.15) is 17.2 Å². The highest BCUT2D eigenvalue weighted by molar-refractivity contribution is 5.70. The molecule has 0 amide bonds. The van der Waals surface area contributed by atoms with Gasteiger partial charge in [-0.1, -0.05) is 23.4 Å². The summed E-state index contributed by atoms with van der Waals surface area (Å²) in [6.45, 7) is -0.101. The van der Waals surface area contributed by atoms with Crippen molar-refractivity contribution in [1.29, 1.82) is 0 Å². The lowest BCUT2D eigenvalue weighted by molar-refractivity contribution is -0.145. The number of benzene rings is 2. The molecule has 0 aliphatic rings. The van der Waals surface area contributed by atoms with E-state index in [2.05, 4.69) is 10.1 Å². The van der Waals surface area contributed by atoms with Crippen LogP contribution in [-0.4, -0.2) is 37.4 Å². The van der Waals surface area contributed by atoms with Crippen LogP contribution in [0.5, 0.6) is 17.2 Å². The summed E-state index contributed by atoms with van der Waals surface area (Å²) in [7, 11) is 4.72. The molecule has 0 N–H and O–H groups in total. The highest BCUT2D eigenvalue weighted by Crippen LogP contribution is 2.31. The summed E-state index contributed by atoms with van der Waals surface area (Å²) >= 11 is 0. The molecule has 0 spiro atoms. The molecule has 0 saturated carbocycles. The van der Waals surface area contributed by atoms with Gasteiger partial charge in [0.15, 0.2) is 6.61 Å². The van der Waals surface area contributed by atoms with Gasteiger partial charge in [-0.25, -0.2) is 0 Å². The zero-order valence-corrected chi connectivity index (χ0v) is 16.5. The number of hydrogen-bond donors (Lipinski definition) is 0. The van der Waals surface area contributed by atoms with Crippen molar-refractivity contribution >= 4 is 5.97 Å². The molecule has 8 heteroatoms. The van der Waals surface area contributed by atoms with Crippen LogP contribution in [-0.2, 0) is 22.6 Å². The van der Waals surface area contributed by atoms with Crippen molar-refractivity contribution in [2.45, 2.75) is 19.4 Å². The number of rotatable bonds is 9. The molecule has 1 aromatic heterocycles. The number of esters is 1. The molecule has 0 radical (unpaired) electrons. The minimum atomic E-state index is -0.363. The summed E-state index contributed by atoms with van der Waals surface area (Å²) in [5.41, 5.74) is 1.59. The standard InChI is InChI=1S/C21H22N2O6/c1-25-15-9-10-16(18(12-15)27-3)21-22-19(29-23-21)13-28-20(24)11-8-14-6-4-5-7-17(14)26-2/h4-7,9-10,12H,8,11,13H2,1-3H3. The number of carbonyl (C=O) groups excluding carboxylic acids is 1. The smallest absolute Gasteiger partial charge is 0.306 e. The van der Waals surface area contributed by atoms with Crippen LogP contribution in [0.25, 0.3) is 11.4 Å². The monoisotopic (exact) mass is 398 g/mol. The third-order valence-electron chi connectivity index (χ3n) is 4.27. The molecule has 0 saturated heterocycles. The second-order valence-electron chi connectivity index (χ2n) is 6.05. The van der Waals surface area contributed by atoms with Gasteiger partial charge in [-0.15, -0.1) is 0 Å². The zero-order valence-electron chi connectivity index (χ0n) is 16.5. The molecular weight excluding hydrogens is 376 g/mol. The van der Waals surface area contributed by atoms with Crippen molar-refractivity contribution in [3.8, 4) is 28.6 Å². The summed E-state index contributed by atoms with van der Waals surface area (Å²) < 4.78 is 26.2. The van der Waals surface area contributed by atoms with E-state index in [1.165, 1.54) is 0 Å². The Morgan fingerprint density at radius 2 is 1.79 bits per heavy atom. The molecule has 29 heavy (non-hydrogen) atoms. The Labute approximate surface area is 168 Å². The van der Waals surface area contributed by atoms with Gasteiger partial charge < -0.3 is 23.5 Å². The van der Waals surface area contributed by atoms with Crippen LogP contribution >= 0.6 is 0 Å². The second kappa shape index (κ2) is 9.59. The van der Waals surface area contributed by atoms with E-state index >= 15 is 0 Å². The van der Waals surface area contributed by atoms with Crippen LogP contribution in [0.4, 0.5) is 0 Å². The van der Waals surface area contributed by atoms with Crippen molar-refractivity contribution < 1.29 is 28.3 Å². The van der Waals surface area contributed by atoms with E-state index in [9.17, 15) is 4.79 Å². The molecule has 1 heterocycles. The summed E-state index contributed by atoms with van der Waals surface area (Å²) in [5, 5.41) is 3.93. The lowest BCUT2D eigenvalue weighted by atomic mass is 10.1. The van der Waals surface area contributed by atoms with Gasteiger partial charge in [-0.05, 0) is 30.2 Å². The van der Waals surface area contributed by atoms with Crippen molar-refractivity contribution in [1.82, 2.24) is 10.1 Å². The van der Waals surface area contributed by atoms with Gasteiger partial charge in [-0.2, -0.15) is 4.98 Å². The molecule has 0 unspecified atom stereocenters. The molecular formula is C21H22N2O6. The van der Waals surface area contributed by atoms with Gasteiger partial charge in [0.2, 0.25) is 5.82 Å². The average molecular weight is 398 g/mol. The predicted octanol–water partition coefficient (Wildman–Crippen LogP) is 3.44. The third kappa shape index (κ3) is 5.04. The molecule has 8 nitrogen and oxygen atoms in total. The first-order valence-corrected chi connectivity index (χ1v) is 8.97. The number of aryl methyl sites for hydroxylation is 1. The van der Waals surface area contributed by atoms with E-state index in [0.29, 0.717) is 29.3 Å². The molecule has 0 bridgehead atoms. The second-order valence-corrected chi connectivity index (χ2v) is 6.05. The number of ether oxygens (including phenoxy) is 4. The van der Waals surface area contributed by atoms with Gasteiger partial charge in [0.05, 0.1) is 26.9 Å². The van der Waals surface area contributed by atoms with Crippen molar-refractivity contribution in [2.75, 3.05) is 21.3 Å². The summed E-state index contributed by atoms with van der Waals surface area (Å²) in [5.74, 6) is 2.12. The van der Waals surface area contributed by atoms with E-state index in [1.54, 1.807) is 39.5 Å². The molecule has 0 aliphatic heterocycles. The van der Waals surface area contributed by atoms with E-state index in [1.807, 2.05) is 24.3 Å². The largest absolute Gasteiger partial charge is 0.497 e. The minimum absolute atomic E-state index is 0.101. The fraction of sp³-hybridized carbons (Fsp3) is 0.286. The fourth-order valence-corrected chi connectivity index (χ4v) is 2.77. The Hall–Kier alpha value is -3.55. The number of para-hydroxylation sites is 1. The number of hydrogen-bond acceptors (Lipinski definition) is 8. The minimum Gasteiger partial charge on any atom is -0.497 e. The first-order chi connectivity index (χ1) is 14.1. The van der Waals surface area contributed by atoms with E-state index in [0.717, 1.165) is 11.3 Å². The quantitative estimate of drug-likeness (QED) is 0.506. The Morgan fingerprint density at radius 3 is 2.55 bits per heavy atom.